The van der Waals surface area contributed by atoms with E-state index in [-0.39, 0.29) is 31.6 Å². The molecule has 49 heavy (non-hydrogen) atoms. The summed E-state index contributed by atoms with van der Waals surface area (Å²) < 4.78 is 16.3. The number of carbonyl (C=O) groups is 5. The zero-order chi connectivity index (χ0) is 37.0. The Morgan fingerprint density at radius 2 is 1.29 bits per heavy atom. The molecule has 3 atom stereocenters. The van der Waals surface area contributed by atoms with Gasteiger partial charge < -0.3 is 35.9 Å². The van der Waals surface area contributed by atoms with Crippen molar-refractivity contribution in [1.29, 1.82) is 0 Å². The van der Waals surface area contributed by atoms with Crippen LogP contribution in [0, 0.1) is 0 Å². The minimum atomic E-state index is -1.18. The number of nitrogens with two attached hydrogens (primary N) is 1. The van der Waals surface area contributed by atoms with Crippen LogP contribution in [0.25, 0.3) is 10.9 Å². The molecule has 13 heteroatoms. The summed E-state index contributed by atoms with van der Waals surface area (Å²) in [6.07, 6.45) is 1.18. The number of hydrogen-bond acceptors (Lipinski definition) is 10. The standard InChI is InChI=1S/C36H55N5O8/c1-34(2,3)47-29(42)20-19-28(32(45)49-36(7,8)9)41-33(46)40-27(31(44)48-35(4,5)6)16-12-13-21-38-30(43)25(37)22-24-18-17-23-14-10-11-15-26(23)39-24/h10-11,14-15,17-18,25,27-28H,12-13,16,19-22,37H2,1-9H3,(H,38,43)(H2,40,41,46)/t25-,27-,28+/m0/s1. The Morgan fingerprint density at radius 3 is 1.86 bits per heavy atom. The zero-order valence-electron chi connectivity index (χ0n) is 30.4. The number of nitrogens with zero attached hydrogens (tertiary/aromatic N) is 1. The molecule has 0 saturated carbocycles. The van der Waals surface area contributed by atoms with Crippen molar-refractivity contribution in [3.05, 3.63) is 42.1 Å². The first-order chi connectivity index (χ1) is 22.6. The zero-order valence-corrected chi connectivity index (χ0v) is 30.4. The van der Waals surface area contributed by atoms with Gasteiger partial charge in [-0.1, -0.05) is 24.3 Å². The van der Waals surface area contributed by atoms with Gasteiger partial charge in [-0.15, -0.1) is 0 Å². The number of para-hydroxylation sites is 1. The number of fused-ring (bicyclic) bond motifs is 1. The lowest BCUT2D eigenvalue weighted by Crippen LogP contribution is -2.53. The van der Waals surface area contributed by atoms with E-state index >= 15 is 0 Å². The summed E-state index contributed by atoms with van der Waals surface area (Å²) >= 11 is 0. The van der Waals surface area contributed by atoms with Crippen LogP contribution < -0.4 is 21.7 Å². The van der Waals surface area contributed by atoms with Crippen LogP contribution in [0.3, 0.4) is 0 Å². The van der Waals surface area contributed by atoms with Gasteiger partial charge in [-0.2, -0.15) is 0 Å². The van der Waals surface area contributed by atoms with Crippen LogP contribution in [0.5, 0.6) is 0 Å². The largest absolute Gasteiger partial charge is 0.460 e. The van der Waals surface area contributed by atoms with Crippen LogP contribution in [0.15, 0.2) is 36.4 Å². The van der Waals surface area contributed by atoms with Crippen molar-refractivity contribution in [2.75, 3.05) is 6.54 Å². The molecule has 1 aromatic carbocycles. The lowest BCUT2D eigenvalue weighted by atomic mass is 10.1. The third-order valence-electron chi connectivity index (χ3n) is 6.69. The van der Waals surface area contributed by atoms with Crippen LogP contribution in [-0.2, 0) is 39.8 Å². The van der Waals surface area contributed by atoms with Crippen molar-refractivity contribution in [3.8, 4) is 0 Å². The van der Waals surface area contributed by atoms with Gasteiger partial charge in [0, 0.05) is 30.5 Å². The molecule has 0 aliphatic heterocycles. The Hall–Kier alpha value is -4.26. The predicted molar refractivity (Wildman–Crippen MR) is 186 cm³/mol. The molecular weight excluding hydrogens is 630 g/mol. The lowest BCUT2D eigenvalue weighted by Gasteiger charge is -2.27. The molecule has 0 radical (unpaired) electrons. The second-order valence-corrected chi connectivity index (χ2v) is 15.0. The molecule has 0 aliphatic carbocycles. The molecule has 5 N–H and O–H groups in total. The van der Waals surface area contributed by atoms with Gasteiger partial charge in [-0.25, -0.2) is 14.4 Å². The molecule has 272 valence electrons. The Kier molecular flexibility index (Phi) is 15.0. The second kappa shape index (κ2) is 17.9. The normalized spacial score (nSPS) is 13.8. The molecule has 3 amide bonds. The SMILES string of the molecule is CC(C)(C)OC(=O)CC[C@@H](NC(=O)N[C@@H](CCCCNC(=O)[C@@H](N)Cc1ccc2ccccc2n1)C(=O)OC(C)(C)C)C(=O)OC(C)(C)C. The number of nitrogens with one attached hydrogen (secondary N) is 3. The molecule has 0 saturated heterocycles. The van der Waals surface area contributed by atoms with Crippen molar-refractivity contribution in [2.45, 2.75) is 136 Å². The smallest absolute Gasteiger partial charge is 0.329 e. The van der Waals surface area contributed by atoms with E-state index in [9.17, 15) is 24.0 Å². The number of benzene rings is 1. The number of unbranched alkanes of at least 4 members (excludes halogenated alkanes) is 1. The van der Waals surface area contributed by atoms with Gasteiger partial charge in [0.15, 0.2) is 0 Å². The van der Waals surface area contributed by atoms with E-state index in [1.54, 1.807) is 62.3 Å². The van der Waals surface area contributed by atoms with Crippen LogP contribution in [-0.4, -0.2) is 76.3 Å². The van der Waals surface area contributed by atoms with E-state index in [1.807, 2.05) is 36.4 Å². The summed E-state index contributed by atoms with van der Waals surface area (Å²) in [6.45, 7) is 15.7. The van der Waals surface area contributed by atoms with E-state index in [0.29, 0.717) is 25.1 Å². The van der Waals surface area contributed by atoms with E-state index in [2.05, 4.69) is 20.9 Å². The number of urea groups is 1. The van der Waals surface area contributed by atoms with Crippen molar-refractivity contribution >= 4 is 40.7 Å². The molecule has 1 aromatic heterocycles. The first-order valence-electron chi connectivity index (χ1n) is 16.7. The Bertz CT molecular complexity index is 1440. The Balaban J connectivity index is 1.97. The molecule has 0 fully saturated rings. The van der Waals surface area contributed by atoms with Gasteiger partial charge in [0.2, 0.25) is 5.91 Å². The highest BCUT2D eigenvalue weighted by Gasteiger charge is 2.31. The third-order valence-corrected chi connectivity index (χ3v) is 6.69. The van der Waals surface area contributed by atoms with Crippen LogP contribution >= 0.6 is 0 Å². The molecule has 1 heterocycles. The molecule has 0 bridgehead atoms. The lowest BCUT2D eigenvalue weighted by molar-refractivity contribution is -0.159. The highest BCUT2D eigenvalue weighted by atomic mass is 16.6. The number of rotatable bonds is 15. The van der Waals surface area contributed by atoms with Gasteiger partial charge in [0.05, 0.1) is 11.6 Å². The maximum atomic E-state index is 13.1. The minimum Gasteiger partial charge on any atom is -0.460 e. The van der Waals surface area contributed by atoms with Gasteiger partial charge in [0.1, 0.15) is 28.9 Å². The van der Waals surface area contributed by atoms with Crippen LogP contribution in [0.2, 0.25) is 0 Å². The van der Waals surface area contributed by atoms with Gasteiger partial charge in [-0.3, -0.25) is 14.6 Å². The first kappa shape index (κ1) is 40.9. The quantitative estimate of drug-likeness (QED) is 0.120. The average molecular weight is 686 g/mol. The average Bonchev–Trinajstić information content (AvgIpc) is 2.95. The first-order valence-corrected chi connectivity index (χ1v) is 16.7. The topological polar surface area (TPSA) is 188 Å². The summed E-state index contributed by atoms with van der Waals surface area (Å²) in [5, 5.41) is 8.98. The third kappa shape index (κ3) is 16.6. The molecule has 0 unspecified atom stereocenters. The second-order valence-electron chi connectivity index (χ2n) is 15.0. The maximum Gasteiger partial charge on any atom is 0.329 e. The van der Waals surface area contributed by atoms with Crippen LogP contribution in [0.1, 0.15) is 100 Å². The number of carbonyl (C=O) groups excluding carboxylic acids is 5. The van der Waals surface area contributed by atoms with Gasteiger partial charge >= 0.3 is 23.9 Å². The summed E-state index contributed by atoms with van der Waals surface area (Å²) in [5.41, 5.74) is 5.31. The molecule has 2 rings (SSSR count). The fourth-order valence-corrected chi connectivity index (χ4v) is 4.61. The minimum absolute atomic E-state index is 0.0763. The Labute approximate surface area is 289 Å². The molecule has 0 spiro atoms. The molecular formula is C36H55N5O8. The van der Waals surface area contributed by atoms with Crippen molar-refractivity contribution in [1.82, 2.24) is 20.9 Å². The maximum absolute atomic E-state index is 13.1. The van der Waals surface area contributed by atoms with Crippen LogP contribution in [0.4, 0.5) is 4.79 Å². The summed E-state index contributed by atoms with van der Waals surface area (Å²) in [4.78, 5) is 68.7. The predicted octanol–water partition coefficient (Wildman–Crippen LogP) is 4.23. The fraction of sp³-hybridized carbons (Fsp3) is 0.611. The van der Waals surface area contributed by atoms with Crippen molar-refractivity contribution in [2.24, 2.45) is 5.73 Å². The van der Waals surface area contributed by atoms with Gasteiger partial charge in [-0.05, 0) is 100 Å². The number of esters is 3. The summed E-state index contributed by atoms with van der Waals surface area (Å²) in [6, 6.07) is 7.66. The number of ether oxygens (including phenoxy) is 3. The van der Waals surface area contributed by atoms with E-state index in [0.717, 1.165) is 10.9 Å². The van der Waals surface area contributed by atoms with E-state index < -0.39 is 58.9 Å². The summed E-state index contributed by atoms with van der Waals surface area (Å²) in [5.74, 6) is -2.24. The van der Waals surface area contributed by atoms with E-state index in [4.69, 9.17) is 19.9 Å². The monoisotopic (exact) mass is 685 g/mol. The van der Waals surface area contributed by atoms with Gasteiger partial charge in [0.25, 0.3) is 0 Å². The highest BCUT2D eigenvalue weighted by molar-refractivity contribution is 5.87. The number of hydrogen-bond donors (Lipinski definition) is 4. The summed E-state index contributed by atoms with van der Waals surface area (Å²) in [7, 11) is 0. The molecule has 13 nitrogen and oxygen atoms in total. The number of amides is 3. The number of pyridine rings is 1. The van der Waals surface area contributed by atoms with E-state index in [1.165, 1.54) is 0 Å². The fourth-order valence-electron chi connectivity index (χ4n) is 4.61. The molecule has 0 aliphatic rings. The van der Waals surface area contributed by atoms with Crippen molar-refractivity contribution < 1.29 is 38.2 Å². The molecule has 2 aromatic rings. The Morgan fingerprint density at radius 1 is 0.735 bits per heavy atom. The highest BCUT2D eigenvalue weighted by Crippen LogP contribution is 2.16. The van der Waals surface area contributed by atoms with Crippen molar-refractivity contribution in [3.63, 3.8) is 0 Å². The number of aromatic nitrogens is 1.